The third-order valence-corrected chi connectivity index (χ3v) is 2.18. The van der Waals surface area contributed by atoms with Crippen LogP contribution in [0, 0.1) is 5.41 Å². The van der Waals surface area contributed by atoms with Gasteiger partial charge in [-0.15, -0.1) is 11.6 Å². The van der Waals surface area contributed by atoms with Crippen molar-refractivity contribution < 1.29 is 4.79 Å². The molecule has 2 nitrogen and oxygen atoms in total. The van der Waals surface area contributed by atoms with E-state index in [-0.39, 0.29) is 11.3 Å². The van der Waals surface area contributed by atoms with Crippen LogP contribution in [0.1, 0.15) is 40.0 Å². The molecule has 84 valence electrons. The molecule has 0 aromatic rings. The van der Waals surface area contributed by atoms with Gasteiger partial charge in [-0.25, -0.2) is 0 Å². The maximum absolute atomic E-state index is 11.6. The van der Waals surface area contributed by atoms with Gasteiger partial charge in [0.05, 0.1) is 0 Å². The number of hydrogen-bond donors (Lipinski definition) is 0. The van der Waals surface area contributed by atoms with Gasteiger partial charge in [-0.3, -0.25) is 4.79 Å². The zero-order valence-corrected chi connectivity index (χ0v) is 10.5. The van der Waals surface area contributed by atoms with Crippen LogP contribution >= 0.6 is 11.6 Å². The highest BCUT2D eigenvalue weighted by molar-refractivity contribution is 6.17. The molecule has 1 amide bonds. The fourth-order valence-electron chi connectivity index (χ4n) is 1.36. The molecule has 0 heterocycles. The number of carbonyl (C=O) groups is 1. The Hall–Kier alpha value is -0.240. The molecule has 0 spiro atoms. The van der Waals surface area contributed by atoms with Gasteiger partial charge in [0, 0.05) is 25.9 Å². The topological polar surface area (TPSA) is 20.3 Å². The second-order valence-corrected chi connectivity index (χ2v) is 5.33. The summed E-state index contributed by atoms with van der Waals surface area (Å²) in [5.41, 5.74) is 0.177. The van der Waals surface area contributed by atoms with Gasteiger partial charge in [-0.05, 0) is 18.3 Å². The Morgan fingerprint density at radius 1 is 1.29 bits per heavy atom. The van der Waals surface area contributed by atoms with E-state index in [4.69, 9.17) is 11.6 Å². The van der Waals surface area contributed by atoms with E-state index < -0.39 is 0 Å². The molecule has 0 bridgehead atoms. The van der Waals surface area contributed by atoms with E-state index in [2.05, 4.69) is 20.8 Å². The SMILES string of the molecule is CN(CC(C)(C)C)C(=O)CCCCCl. The lowest BCUT2D eigenvalue weighted by atomic mass is 9.96. The van der Waals surface area contributed by atoms with Crippen LogP contribution in [0.3, 0.4) is 0 Å². The molecular formula is C11H22ClNO. The second kappa shape index (κ2) is 6.28. The van der Waals surface area contributed by atoms with Crippen LogP contribution < -0.4 is 0 Å². The zero-order chi connectivity index (χ0) is 11.2. The molecule has 0 aromatic heterocycles. The molecule has 0 atom stereocenters. The molecule has 0 fully saturated rings. The van der Waals surface area contributed by atoms with Crippen molar-refractivity contribution >= 4 is 17.5 Å². The minimum atomic E-state index is 0.177. The Kier molecular flexibility index (Phi) is 6.17. The molecule has 0 aliphatic rings. The third-order valence-electron chi connectivity index (χ3n) is 1.91. The summed E-state index contributed by atoms with van der Waals surface area (Å²) in [5, 5.41) is 0. The normalized spacial score (nSPS) is 11.5. The Bertz CT molecular complexity index is 175. The third kappa shape index (κ3) is 7.19. The van der Waals surface area contributed by atoms with Crippen molar-refractivity contribution in [2.45, 2.75) is 40.0 Å². The van der Waals surface area contributed by atoms with Gasteiger partial charge in [0.15, 0.2) is 0 Å². The average Bonchev–Trinajstić information content (AvgIpc) is 2.01. The molecule has 14 heavy (non-hydrogen) atoms. The van der Waals surface area contributed by atoms with Crippen molar-refractivity contribution in [3.8, 4) is 0 Å². The summed E-state index contributed by atoms with van der Waals surface area (Å²) in [6.45, 7) is 7.22. The van der Waals surface area contributed by atoms with E-state index in [0.717, 1.165) is 19.4 Å². The quantitative estimate of drug-likeness (QED) is 0.515. The highest BCUT2D eigenvalue weighted by Gasteiger charge is 2.16. The van der Waals surface area contributed by atoms with Crippen molar-refractivity contribution in [1.82, 2.24) is 4.90 Å². The van der Waals surface area contributed by atoms with Crippen molar-refractivity contribution in [2.24, 2.45) is 5.41 Å². The standard InChI is InChI=1S/C11H22ClNO/c1-11(2,3)9-13(4)10(14)7-5-6-8-12/h5-9H2,1-4H3. The predicted octanol–water partition coefficient (Wildman–Crippen LogP) is 2.90. The van der Waals surface area contributed by atoms with Gasteiger partial charge >= 0.3 is 0 Å². The maximum atomic E-state index is 11.6. The minimum Gasteiger partial charge on any atom is -0.345 e. The number of amides is 1. The predicted molar refractivity (Wildman–Crippen MR) is 61.7 cm³/mol. The van der Waals surface area contributed by atoms with Crippen molar-refractivity contribution in [3.05, 3.63) is 0 Å². The fraction of sp³-hybridized carbons (Fsp3) is 0.909. The molecule has 0 aliphatic carbocycles. The molecule has 0 saturated carbocycles. The van der Waals surface area contributed by atoms with E-state index in [9.17, 15) is 4.79 Å². The molecule has 0 aliphatic heterocycles. The van der Waals surface area contributed by atoms with Crippen LogP contribution in [0.15, 0.2) is 0 Å². The summed E-state index contributed by atoms with van der Waals surface area (Å²) in [7, 11) is 1.87. The number of unbranched alkanes of at least 4 members (excludes halogenated alkanes) is 1. The summed E-state index contributed by atoms with van der Waals surface area (Å²) < 4.78 is 0. The van der Waals surface area contributed by atoms with Gasteiger partial charge in [-0.1, -0.05) is 20.8 Å². The molecule has 0 rings (SSSR count). The van der Waals surface area contributed by atoms with Crippen molar-refractivity contribution in [1.29, 1.82) is 0 Å². The Morgan fingerprint density at radius 3 is 2.29 bits per heavy atom. The first-order valence-corrected chi connectivity index (χ1v) is 5.70. The first kappa shape index (κ1) is 13.8. The van der Waals surface area contributed by atoms with Crippen LogP contribution in [0.2, 0.25) is 0 Å². The highest BCUT2D eigenvalue weighted by atomic mass is 35.5. The molecular weight excluding hydrogens is 198 g/mol. The van der Waals surface area contributed by atoms with Crippen LogP contribution in [0.5, 0.6) is 0 Å². The number of hydrogen-bond acceptors (Lipinski definition) is 1. The van der Waals surface area contributed by atoms with Gasteiger partial charge in [0.2, 0.25) is 5.91 Å². The summed E-state index contributed by atoms with van der Waals surface area (Å²) >= 11 is 5.55. The van der Waals surface area contributed by atoms with E-state index in [1.807, 2.05) is 11.9 Å². The molecule has 0 radical (unpaired) electrons. The van der Waals surface area contributed by atoms with Crippen LogP contribution in [-0.2, 0) is 4.79 Å². The lowest BCUT2D eigenvalue weighted by Gasteiger charge is -2.26. The Balaban J connectivity index is 3.77. The first-order valence-electron chi connectivity index (χ1n) is 5.17. The van der Waals surface area contributed by atoms with Crippen molar-refractivity contribution in [3.63, 3.8) is 0 Å². The van der Waals surface area contributed by atoms with E-state index in [1.165, 1.54) is 0 Å². The Labute approximate surface area is 92.6 Å². The summed E-state index contributed by atoms with van der Waals surface area (Å²) in [6, 6.07) is 0. The molecule has 0 aromatic carbocycles. The zero-order valence-electron chi connectivity index (χ0n) is 9.77. The number of halogens is 1. The van der Waals surface area contributed by atoms with Gasteiger partial charge in [0.25, 0.3) is 0 Å². The first-order chi connectivity index (χ1) is 6.37. The number of alkyl halides is 1. The molecule has 0 unspecified atom stereocenters. The van der Waals surface area contributed by atoms with Crippen LogP contribution in [-0.4, -0.2) is 30.3 Å². The highest BCUT2D eigenvalue weighted by Crippen LogP contribution is 2.15. The molecule has 0 N–H and O–H groups in total. The van der Waals surface area contributed by atoms with Crippen molar-refractivity contribution in [2.75, 3.05) is 19.5 Å². The van der Waals surface area contributed by atoms with Crippen LogP contribution in [0.4, 0.5) is 0 Å². The number of nitrogens with zero attached hydrogens (tertiary/aromatic N) is 1. The Morgan fingerprint density at radius 2 is 1.86 bits per heavy atom. The summed E-state index contributed by atoms with van der Waals surface area (Å²) in [5.74, 6) is 0.876. The number of rotatable bonds is 5. The fourth-order valence-corrected chi connectivity index (χ4v) is 1.55. The summed E-state index contributed by atoms with van der Waals surface area (Å²) in [6.07, 6.45) is 2.45. The molecule has 0 saturated heterocycles. The lowest BCUT2D eigenvalue weighted by Crippen LogP contribution is -2.34. The van der Waals surface area contributed by atoms with Gasteiger partial charge in [-0.2, -0.15) is 0 Å². The monoisotopic (exact) mass is 219 g/mol. The van der Waals surface area contributed by atoms with Crippen LogP contribution in [0.25, 0.3) is 0 Å². The van der Waals surface area contributed by atoms with E-state index in [0.29, 0.717) is 12.3 Å². The largest absolute Gasteiger partial charge is 0.345 e. The minimum absolute atomic E-state index is 0.177. The summed E-state index contributed by atoms with van der Waals surface area (Å²) in [4.78, 5) is 13.4. The second-order valence-electron chi connectivity index (χ2n) is 4.96. The molecule has 3 heteroatoms. The van der Waals surface area contributed by atoms with E-state index in [1.54, 1.807) is 0 Å². The maximum Gasteiger partial charge on any atom is 0.222 e. The van der Waals surface area contributed by atoms with Gasteiger partial charge in [0.1, 0.15) is 0 Å². The van der Waals surface area contributed by atoms with Gasteiger partial charge < -0.3 is 4.90 Å². The number of carbonyl (C=O) groups excluding carboxylic acids is 1. The average molecular weight is 220 g/mol. The lowest BCUT2D eigenvalue weighted by molar-refractivity contribution is -0.131. The smallest absolute Gasteiger partial charge is 0.222 e. The van der Waals surface area contributed by atoms with E-state index >= 15 is 0 Å².